The van der Waals surface area contributed by atoms with Gasteiger partial charge in [0.1, 0.15) is 0 Å². The maximum atomic E-state index is 6.02. The van der Waals surface area contributed by atoms with Crippen molar-refractivity contribution in [3.05, 3.63) is 5.28 Å². The van der Waals surface area contributed by atoms with E-state index in [0.717, 1.165) is 13.0 Å². The maximum absolute atomic E-state index is 6.02. The van der Waals surface area contributed by atoms with Gasteiger partial charge >= 0.3 is 6.01 Å². The van der Waals surface area contributed by atoms with Crippen molar-refractivity contribution in [2.24, 2.45) is 0 Å². The number of ether oxygens (including phenoxy) is 1. The summed E-state index contributed by atoms with van der Waals surface area (Å²) in [7, 11) is 0. The lowest BCUT2D eigenvalue weighted by atomic mass is 10.1. The summed E-state index contributed by atoms with van der Waals surface area (Å²) in [6, 6.07) is 0.789. The molecule has 0 aromatic carbocycles. The first-order valence-electron chi connectivity index (χ1n) is 7.45. The molecule has 0 saturated carbocycles. The second kappa shape index (κ2) is 7.07. The van der Waals surface area contributed by atoms with Crippen molar-refractivity contribution in [1.29, 1.82) is 0 Å². The summed E-state index contributed by atoms with van der Waals surface area (Å²) in [6.45, 7) is 7.06. The van der Waals surface area contributed by atoms with Gasteiger partial charge in [0.25, 0.3) is 0 Å². The highest BCUT2D eigenvalue weighted by atomic mass is 35.5. The van der Waals surface area contributed by atoms with Crippen LogP contribution in [0.1, 0.15) is 52.9 Å². The summed E-state index contributed by atoms with van der Waals surface area (Å²) in [5.74, 6) is 0.648. The molecule has 5 nitrogen and oxygen atoms in total. The quantitative estimate of drug-likeness (QED) is 0.852. The van der Waals surface area contributed by atoms with Crippen molar-refractivity contribution in [1.82, 2.24) is 15.0 Å². The molecule has 0 N–H and O–H groups in total. The molecule has 1 aliphatic heterocycles. The first-order chi connectivity index (χ1) is 9.60. The van der Waals surface area contributed by atoms with Crippen LogP contribution in [0.3, 0.4) is 0 Å². The van der Waals surface area contributed by atoms with Gasteiger partial charge in [-0.1, -0.05) is 19.8 Å². The van der Waals surface area contributed by atoms with Crippen LogP contribution in [0.2, 0.25) is 5.28 Å². The molecule has 0 aliphatic carbocycles. The number of halogens is 1. The van der Waals surface area contributed by atoms with Gasteiger partial charge in [0.2, 0.25) is 11.2 Å². The van der Waals surface area contributed by atoms with Crippen molar-refractivity contribution in [2.75, 3.05) is 11.4 Å². The maximum Gasteiger partial charge on any atom is 0.322 e. The van der Waals surface area contributed by atoms with Crippen LogP contribution in [-0.2, 0) is 0 Å². The highest BCUT2D eigenvalue weighted by molar-refractivity contribution is 6.28. The first-order valence-corrected chi connectivity index (χ1v) is 7.82. The van der Waals surface area contributed by atoms with Gasteiger partial charge in [-0.15, -0.1) is 0 Å². The van der Waals surface area contributed by atoms with E-state index in [2.05, 4.69) is 26.8 Å². The third-order valence-electron chi connectivity index (χ3n) is 3.52. The van der Waals surface area contributed by atoms with E-state index in [1.807, 2.05) is 13.8 Å². The molecule has 1 aliphatic rings. The first kappa shape index (κ1) is 15.3. The van der Waals surface area contributed by atoms with Crippen molar-refractivity contribution in [3.8, 4) is 6.01 Å². The molecule has 0 radical (unpaired) electrons. The molecular formula is C14H23ClN4O. The predicted molar refractivity (Wildman–Crippen MR) is 80.5 cm³/mol. The Bertz CT molecular complexity index is 441. The summed E-state index contributed by atoms with van der Waals surface area (Å²) in [6.07, 6.45) is 5.99. The summed E-state index contributed by atoms with van der Waals surface area (Å²) in [5, 5.41) is 0.199. The van der Waals surface area contributed by atoms with Crippen LogP contribution >= 0.6 is 11.6 Å². The van der Waals surface area contributed by atoms with Crippen molar-refractivity contribution in [2.45, 2.75) is 65.0 Å². The summed E-state index contributed by atoms with van der Waals surface area (Å²) in [4.78, 5) is 15.0. The van der Waals surface area contributed by atoms with Gasteiger partial charge in [-0.3, -0.25) is 0 Å². The van der Waals surface area contributed by atoms with Gasteiger partial charge in [-0.05, 0) is 44.7 Å². The fourth-order valence-electron chi connectivity index (χ4n) is 2.58. The fourth-order valence-corrected chi connectivity index (χ4v) is 2.73. The molecule has 0 amide bonds. The van der Waals surface area contributed by atoms with Gasteiger partial charge in [0.15, 0.2) is 0 Å². The van der Waals surface area contributed by atoms with Gasteiger partial charge in [0, 0.05) is 12.6 Å². The van der Waals surface area contributed by atoms with Crippen LogP contribution < -0.4 is 9.64 Å². The molecule has 1 aromatic rings. The second-order valence-electron chi connectivity index (χ2n) is 5.46. The third-order valence-corrected chi connectivity index (χ3v) is 3.69. The lowest BCUT2D eigenvalue weighted by molar-refractivity contribution is 0.221. The van der Waals surface area contributed by atoms with E-state index in [4.69, 9.17) is 16.3 Å². The summed E-state index contributed by atoms with van der Waals surface area (Å²) >= 11 is 6.02. The largest absolute Gasteiger partial charge is 0.461 e. The molecule has 1 aromatic heterocycles. The highest BCUT2D eigenvalue weighted by Gasteiger charge is 2.23. The smallest absolute Gasteiger partial charge is 0.322 e. The fraction of sp³-hybridized carbons (Fsp3) is 0.786. The molecule has 112 valence electrons. The van der Waals surface area contributed by atoms with Crippen LogP contribution in [0.25, 0.3) is 0 Å². The van der Waals surface area contributed by atoms with Gasteiger partial charge in [-0.25, -0.2) is 0 Å². The Kier molecular flexibility index (Phi) is 5.40. The predicted octanol–water partition coefficient (Wildman–Crippen LogP) is 3.47. The molecule has 1 saturated heterocycles. The average molecular weight is 299 g/mol. The Balaban J connectivity index is 2.26. The lowest BCUT2D eigenvalue weighted by Crippen LogP contribution is -2.36. The zero-order valence-corrected chi connectivity index (χ0v) is 13.2. The minimum Gasteiger partial charge on any atom is -0.461 e. The van der Waals surface area contributed by atoms with Crippen LogP contribution in [-0.4, -0.2) is 33.6 Å². The van der Waals surface area contributed by atoms with Crippen molar-refractivity contribution < 1.29 is 4.74 Å². The number of rotatable bonds is 4. The molecule has 1 atom stereocenters. The van der Waals surface area contributed by atoms with Crippen molar-refractivity contribution in [3.63, 3.8) is 0 Å². The Morgan fingerprint density at radius 1 is 1.25 bits per heavy atom. The van der Waals surface area contributed by atoms with Crippen LogP contribution in [0.15, 0.2) is 0 Å². The number of nitrogens with zero attached hydrogens (tertiary/aromatic N) is 4. The van der Waals surface area contributed by atoms with E-state index in [1.54, 1.807) is 0 Å². The number of hydrogen-bond donors (Lipinski definition) is 0. The monoisotopic (exact) mass is 298 g/mol. The molecule has 6 heteroatoms. The highest BCUT2D eigenvalue weighted by Crippen LogP contribution is 2.25. The molecule has 20 heavy (non-hydrogen) atoms. The summed E-state index contributed by atoms with van der Waals surface area (Å²) in [5.41, 5.74) is 0. The zero-order chi connectivity index (χ0) is 14.5. The van der Waals surface area contributed by atoms with E-state index in [0.29, 0.717) is 18.0 Å². The minimum absolute atomic E-state index is 0.0208. The SMILES string of the molecule is CCC1CCCCCN1c1nc(Cl)nc(OC(C)C)n1. The minimum atomic E-state index is 0.0208. The van der Waals surface area contributed by atoms with Gasteiger partial charge in [-0.2, -0.15) is 15.0 Å². The number of hydrogen-bond acceptors (Lipinski definition) is 5. The standard InChI is InChI=1S/C14H23ClN4O/c1-4-11-8-6-5-7-9-19(11)13-16-12(15)17-14(18-13)20-10(2)3/h10-11H,4-9H2,1-3H3. The molecule has 1 fully saturated rings. The zero-order valence-electron chi connectivity index (χ0n) is 12.5. The van der Waals surface area contributed by atoms with E-state index < -0.39 is 0 Å². The molecular weight excluding hydrogens is 276 g/mol. The number of aromatic nitrogens is 3. The molecule has 2 rings (SSSR count). The summed E-state index contributed by atoms with van der Waals surface area (Å²) < 4.78 is 5.55. The Morgan fingerprint density at radius 3 is 2.75 bits per heavy atom. The number of anilines is 1. The topological polar surface area (TPSA) is 51.1 Å². The average Bonchev–Trinajstić information content (AvgIpc) is 2.61. The molecule has 2 heterocycles. The van der Waals surface area contributed by atoms with Crippen LogP contribution in [0.5, 0.6) is 6.01 Å². The van der Waals surface area contributed by atoms with Crippen LogP contribution in [0.4, 0.5) is 5.95 Å². The Labute approximate surface area is 125 Å². The van der Waals surface area contributed by atoms with E-state index in [9.17, 15) is 0 Å². The Hall–Kier alpha value is -1.10. The molecule has 0 spiro atoms. The third kappa shape index (κ3) is 3.95. The van der Waals surface area contributed by atoms with Gasteiger partial charge in [0.05, 0.1) is 6.10 Å². The molecule has 0 bridgehead atoms. The van der Waals surface area contributed by atoms with E-state index in [-0.39, 0.29) is 11.4 Å². The van der Waals surface area contributed by atoms with E-state index in [1.165, 1.54) is 25.7 Å². The normalized spacial score (nSPS) is 20.1. The lowest BCUT2D eigenvalue weighted by Gasteiger charge is -2.29. The van der Waals surface area contributed by atoms with Crippen LogP contribution in [0, 0.1) is 0 Å². The second-order valence-corrected chi connectivity index (χ2v) is 5.80. The van der Waals surface area contributed by atoms with Gasteiger partial charge < -0.3 is 9.64 Å². The molecule has 1 unspecified atom stereocenters. The Morgan fingerprint density at radius 2 is 2.05 bits per heavy atom. The van der Waals surface area contributed by atoms with E-state index >= 15 is 0 Å². The van der Waals surface area contributed by atoms with Crippen molar-refractivity contribution >= 4 is 17.5 Å².